The molecular weight excluding hydrogens is 375 g/mol. The second-order valence-electron chi connectivity index (χ2n) is 6.71. The van der Waals surface area contributed by atoms with Gasteiger partial charge in [0, 0.05) is 5.69 Å². The minimum Gasteiger partial charge on any atom is -0.455 e. The summed E-state index contributed by atoms with van der Waals surface area (Å²) >= 11 is 0. The molecule has 0 aromatic heterocycles. The molecule has 0 bridgehead atoms. The number of hydrogen-bond donors (Lipinski definition) is 2. The lowest BCUT2D eigenvalue weighted by atomic mass is 9.86. The van der Waals surface area contributed by atoms with Crippen LogP contribution in [-0.2, 0) is 19.1 Å². The Morgan fingerprint density at radius 2 is 1.66 bits per heavy atom. The number of amides is 2. The first-order valence-corrected chi connectivity index (χ1v) is 9.44. The van der Waals surface area contributed by atoms with Gasteiger partial charge in [-0.25, -0.2) is 4.39 Å². The summed E-state index contributed by atoms with van der Waals surface area (Å²) in [7, 11) is 0. The highest BCUT2D eigenvalue weighted by Gasteiger charge is 2.27. The molecular formula is C22H25FN2O4. The number of carbonyl (C=O) groups excluding carboxylic acids is 3. The van der Waals surface area contributed by atoms with Crippen LogP contribution in [0.25, 0.3) is 0 Å². The molecule has 0 saturated heterocycles. The second kappa shape index (κ2) is 10.9. The molecule has 0 saturated carbocycles. The Hall–Kier alpha value is -3.22. The molecule has 2 N–H and O–H groups in total. The van der Waals surface area contributed by atoms with Crippen LogP contribution < -0.4 is 10.6 Å². The van der Waals surface area contributed by atoms with E-state index in [1.165, 1.54) is 24.3 Å². The molecule has 2 aromatic carbocycles. The van der Waals surface area contributed by atoms with Gasteiger partial charge >= 0.3 is 5.97 Å². The summed E-state index contributed by atoms with van der Waals surface area (Å²) in [5.74, 6) is -2.35. The molecule has 0 aliphatic carbocycles. The summed E-state index contributed by atoms with van der Waals surface area (Å²) in [6, 6.07) is 14.5. The maximum Gasteiger partial charge on any atom is 0.314 e. The lowest BCUT2D eigenvalue weighted by molar-refractivity contribution is -0.151. The number of rotatable bonds is 9. The zero-order chi connectivity index (χ0) is 21.2. The molecule has 2 atom stereocenters. The molecule has 154 valence electrons. The minimum absolute atomic E-state index is 0.0504. The highest BCUT2D eigenvalue weighted by molar-refractivity contribution is 5.94. The number of halogens is 1. The fourth-order valence-electron chi connectivity index (χ4n) is 2.79. The van der Waals surface area contributed by atoms with E-state index in [4.69, 9.17) is 4.74 Å². The van der Waals surface area contributed by atoms with Crippen LogP contribution in [0.2, 0.25) is 0 Å². The van der Waals surface area contributed by atoms with Crippen LogP contribution in [0, 0.1) is 11.7 Å². The van der Waals surface area contributed by atoms with E-state index in [1.54, 1.807) is 0 Å². The van der Waals surface area contributed by atoms with E-state index in [1.807, 2.05) is 44.2 Å². The average molecular weight is 400 g/mol. The summed E-state index contributed by atoms with van der Waals surface area (Å²) in [5, 5.41) is 4.91. The molecule has 0 aliphatic rings. The summed E-state index contributed by atoms with van der Waals surface area (Å²) in [6.45, 7) is 3.18. The fraction of sp³-hybridized carbons (Fsp3) is 0.318. The lowest BCUT2D eigenvalue weighted by Gasteiger charge is -2.21. The topological polar surface area (TPSA) is 84.5 Å². The molecule has 2 aromatic rings. The van der Waals surface area contributed by atoms with Gasteiger partial charge in [0.25, 0.3) is 5.91 Å². The van der Waals surface area contributed by atoms with E-state index in [9.17, 15) is 18.8 Å². The predicted molar refractivity (Wildman–Crippen MR) is 108 cm³/mol. The van der Waals surface area contributed by atoms with Gasteiger partial charge in [-0.15, -0.1) is 0 Å². The van der Waals surface area contributed by atoms with Crippen molar-refractivity contribution in [2.24, 2.45) is 5.92 Å². The number of carbonyl (C=O) groups is 3. The number of ether oxygens (including phenoxy) is 1. The predicted octanol–water partition coefficient (Wildman–Crippen LogP) is 3.25. The normalized spacial score (nSPS) is 12.5. The van der Waals surface area contributed by atoms with Gasteiger partial charge in [0.05, 0.1) is 12.5 Å². The minimum atomic E-state index is -0.580. The molecule has 0 heterocycles. The monoisotopic (exact) mass is 400 g/mol. The Morgan fingerprint density at radius 3 is 2.28 bits per heavy atom. The third-order valence-corrected chi connectivity index (χ3v) is 4.55. The first kappa shape index (κ1) is 22.1. The zero-order valence-corrected chi connectivity index (χ0v) is 16.5. The van der Waals surface area contributed by atoms with Crippen molar-refractivity contribution >= 4 is 23.5 Å². The van der Waals surface area contributed by atoms with Crippen LogP contribution in [-0.4, -0.2) is 30.9 Å². The highest BCUT2D eigenvalue weighted by atomic mass is 19.1. The first-order chi connectivity index (χ1) is 13.9. The molecule has 0 radical (unpaired) electrons. The molecule has 2 amide bonds. The van der Waals surface area contributed by atoms with Crippen molar-refractivity contribution in [2.75, 3.05) is 18.5 Å². The van der Waals surface area contributed by atoms with E-state index < -0.39 is 36.1 Å². The number of esters is 1. The number of hydrogen-bond acceptors (Lipinski definition) is 4. The molecule has 2 rings (SSSR count). The smallest absolute Gasteiger partial charge is 0.314 e. The van der Waals surface area contributed by atoms with Gasteiger partial charge in [0.2, 0.25) is 5.91 Å². The number of nitrogens with one attached hydrogen (secondary N) is 2. The zero-order valence-electron chi connectivity index (χ0n) is 16.5. The summed E-state index contributed by atoms with van der Waals surface area (Å²) in [4.78, 5) is 36.3. The Kier molecular flexibility index (Phi) is 8.33. The van der Waals surface area contributed by atoms with E-state index in [0.29, 0.717) is 5.69 Å². The Bertz CT molecular complexity index is 824. The van der Waals surface area contributed by atoms with Crippen LogP contribution in [0.3, 0.4) is 0 Å². The van der Waals surface area contributed by atoms with Crippen molar-refractivity contribution in [1.29, 1.82) is 0 Å². The van der Waals surface area contributed by atoms with Gasteiger partial charge < -0.3 is 15.4 Å². The van der Waals surface area contributed by atoms with E-state index >= 15 is 0 Å². The van der Waals surface area contributed by atoms with Crippen molar-refractivity contribution in [3.63, 3.8) is 0 Å². The quantitative estimate of drug-likeness (QED) is 0.633. The Morgan fingerprint density at radius 1 is 1.00 bits per heavy atom. The van der Waals surface area contributed by atoms with Crippen LogP contribution in [0.15, 0.2) is 54.6 Å². The fourth-order valence-corrected chi connectivity index (χ4v) is 2.79. The van der Waals surface area contributed by atoms with Gasteiger partial charge in [-0.05, 0) is 35.7 Å². The van der Waals surface area contributed by atoms with Gasteiger partial charge in [-0.2, -0.15) is 0 Å². The number of anilines is 1. The largest absolute Gasteiger partial charge is 0.455 e. The average Bonchev–Trinajstić information content (AvgIpc) is 2.73. The van der Waals surface area contributed by atoms with Crippen molar-refractivity contribution in [3.8, 4) is 0 Å². The first-order valence-electron chi connectivity index (χ1n) is 9.44. The maximum atomic E-state index is 12.9. The maximum absolute atomic E-state index is 12.9. The van der Waals surface area contributed by atoms with Crippen LogP contribution in [0.4, 0.5) is 10.1 Å². The van der Waals surface area contributed by atoms with Crippen molar-refractivity contribution in [3.05, 3.63) is 66.0 Å². The highest BCUT2D eigenvalue weighted by Crippen LogP contribution is 2.28. The third kappa shape index (κ3) is 7.03. The second-order valence-corrected chi connectivity index (χ2v) is 6.71. The SMILES string of the molecule is CCC(C)C(C(=O)OCC(=O)NCC(=O)Nc1ccc(F)cc1)c1ccccc1. The van der Waals surface area contributed by atoms with Crippen LogP contribution in [0.1, 0.15) is 31.7 Å². The number of benzene rings is 2. The molecule has 6 nitrogen and oxygen atoms in total. The van der Waals surface area contributed by atoms with E-state index in [2.05, 4.69) is 10.6 Å². The molecule has 7 heteroatoms. The third-order valence-electron chi connectivity index (χ3n) is 4.55. The van der Waals surface area contributed by atoms with Gasteiger partial charge in [0.15, 0.2) is 6.61 Å². The molecule has 0 fully saturated rings. The van der Waals surface area contributed by atoms with Crippen molar-refractivity contribution in [2.45, 2.75) is 26.2 Å². The van der Waals surface area contributed by atoms with Crippen LogP contribution in [0.5, 0.6) is 0 Å². The lowest BCUT2D eigenvalue weighted by Crippen LogP contribution is -2.36. The van der Waals surface area contributed by atoms with Crippen molar-refractivity contribution in [1.82, 2.24) is 5.32 Å². The molecule has 2 unspecified atom stereocenters. The van der Waals surface area contributed by atoms with E-state index in [0.717, 1.165) is 12.0 Å². The van der Waals surface area contributed by atoms with Gasteiger partial charge in [-0.3, -0.25) is 14.4 Å². The Balaban J connectivity index is 1.81. The molecule has 29 heavy (non-hydrogen) atoms. The standard InChI is InChI=1S/C22H25FN2O4/c1-3-15(2)21(16-7-5-4-6-8-16)22(28)29-14-20(27)24-13-19(26)25-18-11-9-17(23)10-12-18/h4-12,15,21H,3,13-14H2,1-2H3,(H,24,27)(H,25,26). The Labute approximate surface area is 169 Å². The summed E-state index contributed by atoms with van der Waals surface area (Å²) < 4.78 is 18.0. The van der Waals surface area contributed by atoms with Gasteiger partial charge in [-0.1, -0.05) is 50.6 Å². The van der Waals surface area contributed by atoms with Crippen molar-refractivity contribution < 1.29 is 23.5 Å². The summed E-state index contributed by atoms with van der Waals surface area (Å²) in [5.41, 5.74) is 1.25. The van der Waals surface area contributed by atoms with E-state index in [-0.39, 0.29) is 12.5 Å². The summed E-state index contributed by atoms with van der Waals surface area (Å²) in [6.07, 6.45) is 0.782. The van der Waals surface area contributed by atoms with Crippen LogP contribution >= 0.6 is 0 Å². The molecule has 0 spiro atoms. The molecule has 0 aliphatic heterocycles. The van der Waals surface area contributed by atoms with Gasteiger partial charge in [0.1, 0.15) is 5.82 Å².